The summed E-state index contributed by atoms with van der Waals surface area (Å²) in [5, 5.41) is 22.6. The van der Waals surface area contributed by atoms with E-state index in [1.807, 2.05) is 101 Å². The molecule has 3 aliphatic rings. The van der Waals surface area contributed by atoms with Gasteiger partial charge in [0.2, 0.25) is 34.8 Å². The van der Waals surface area contributed by atoms with Crippen molar-refractivity contribution in [2.75, 3.05) is 41.9 Å². The third kappa shape index (κ3) is 43.6. The van der Waals surface area contributed by atoms with Crippen LogP contribution >= 0.6 is 35.2 Å². The summed E-state index contributed by atoms with van der Waals surface area (Å²) >= 11 is 1.74. The first-order valence-corrected chi connectivity index (χ1v) is 51.3. The molecule has 0 radical (unpaired) electrons. The predicted octanol–water partition coefficient (Wildman–Crippen LogP) is 16.0. The van der Waals surface area contributed by atoms with Gasteiger partial charge in [-0.3, -0.25) is 66.1 Å². The number of aldehydes is 1. The summed E-state index contributed by atoms with van der Waals surface area (Å²) in [7, 11) is -16.3. The van der Waals surface area contributed by atoms with Crippen molar-refractivity contribution in [3.63, 3.8) is 0 Å². The average Bonchev–Trinajstić information content (AvgIpc) is 1.60. The SMILES string of the molecule is CC(=O)c1ccc(OC(C)(C)C)cc1N.CC(C)(C)C(=O)ON1C(=O)CCC1=O.CC(C)(C)C(=O)Oc1c(F)c(F)c(F)c(F)c1F.CC(C)(C)CC(=O)ON1C(=O)CCC1=O.CC(C)(C)Oc1ccc(C(=O)c2ccccc2)c(N)c1.CC(C)(C)Oc1ccc(C=O)c(N)c1.CC(C)(C)SCCCC(=O)CCCC(=O)C(O)C(C)(C)COP(=O)(O)OP(=O)(O)OCC1OC(n2cnc3c(N)ncnc32)C(O)C1OP(=O)(O)O. The Morgan fingerprint density at radius 2 is 1.02 bits per heavy atom. The van der Waals surface area contributed by atoms with E-state index in [0.717, 1.165) is 29.3 Å². The van der Waals surface area contributed by atoms with Crippen LogP contribution in [0.5, 0.6) is 23.0 Å². The lowest BCUT2D eigenvalue weighted by atomic mass is 9.84. The number of fused-ring (bicyclic) bond motifs is 1. The van der Waals surface area contributed by atoms with Crippen LogP contribution in [0.4, 0.5) is 44.8 Å². The van der Waals surface area contributed by atoms with Crippen molar-refractivity contribution in [1.82, 2.24) is 29.6 Å². The Balaban J connectivity index is 0.000000392. The van der Waals surface area contributed by atoms with Crippen molar-refractivity contribution >= 4 is 140 Å². The molecule has 10 rings (SSSR count). The number of phosphoric acid groups is 3. The molecule has 4 amide bonds. The lowest BCUT2D eigenvalue weighted by molar-refractivity contribution is -0.203. The summed E-state index contributed by atoms with van der Waals surface area (Å²) < 4.78 is 148. The molecule has 2 aromatic heterocycles. The zero-order valence-electron chi connectivity index (χ0n) is 86.8. The Bertz CT molecular complexity index is 5970. The number of carbonyl (C=O) groups excluding carboxylic acids is 12. The number of imide groups is 2. The van der Waals surface area contributed by atoms with E-state index in [1.165, 1.54) is 41.5 Å². The second kappa shape index (κ2) is 53.8. The van der Waals surface area contributed by atoms with Crippen LogP contribution in [0.2, 0.25) is 0 Å². The molecule has 0 saturated carbocycles. The number of nitrogens with zero attached hydrogens (tertiary/aromatic N) is 6. The number of Topliss-reactive ketones (excluding diaryl/α,β-unsaturated/α-hetero) is 3. The van der Waals surface area contributed by atoms with E-state index in [9.17, 15) is 123 Å². The number of hydroxylamine groups is 4. The first-order valence-electron chi connectivity index (χ1n) is 45.8. The van der Waals surface area contributed by atoms with Crippen LogP contribution in [0.1, 0.15) is 273 Å². The fraction of sp³-hybridized carbons (Fsp3) is 0.515. The number of carbonyl (C=O) groups is 12. The number of imidazole rings is 1. The number of ketones is 4. The fourth-order valence-electron chi connectivity index (χ4n) is 12.2. The number of esters is 1. The lowest BCUT2D eigenvalue weighted by Crippen LogP contribution is -2.39. The molecule has 7 atom stereocenters. The molecule has 42 nitrogen and oxygen atoms in total. The largest absolute Gasteiger partial charge is 0.488 e. The van der Waals surface area contributed by atoms with Gasteiger partial charge >= 0.3 is 41.4 Å². The van der Waals surface area contributed by atoms with Crippen LogP contribution in [0.25, 0.3) is 11.2 Å². The Morgan fingerprint density at radius 3 is 1.46 bits per heavy atom. The molecule has 7 aromatic rings. The van der Waals surface area contributed by atoms with E-state index in [1.54, 1.807) is 99.3 Å². The van der Waals surface area contributed by atoms with Crippen molar-refractivity contribution < 1.29 is 174 Å². The molecule has 0 bridgehead atoms. The van der Waals surface area contributed by atoms with Gasteiger partial charge in [0.1, 0.15) is 76.1 Å². The maximum atomic E-state index is 13.2. The molecule has 820 valence electrons. The summed E-state index contributed by atoms with van der Waals surface area (Å²) in [4.78, 5) is 198. The summed E-state index contributed by atoms with van der Waals surface area (Å²) in [5.41, 5.74) is 22.4. The average molecular weight is 2170 g/mol. The highest BCUT2D eigenvalue weighted by molar-refractivity contribution is 8.00. The molecule has 148 heavy (non-hydrogen) atoms. The number of aliphatic hydroxyl groups excluding tert-OH is 2. The van der Waals surface area contributed by atoms with Gasteiger partial charge in [-0.25, -0.2) is 51.4 Å². The molecule has 5 heterocycles. The van der Waals surface area contributed by atoms with Crippen molar-refractivity contribution in [3.05, 3.63) is 149 Å². The van der Waals surface area contributed by atoms with Gasteiger partial charge in [0.05, 0.1) is 36.8 Å². The number of nitrogens with two attached hydrogens (primary N) is 4. The van der Waals surface area contributed by atoms with Gasteiger partial charge in [0.15, 0.2) is 41.3 Å². The maximum absolute atomic E-state index is 13.2. The molecule has 7 unspecified atom stereocenters. The summed E-state index contributed by atoms with van der Waals surface area (Å²) in [6.07, 6.45) is -3.80. The minimum Gasteiger partial charge on any atom is -0.488 e. The number of phosphoric ester groups is 3. The van der Waals surface area contributed by atoms with E-state index in [4.69, 9.17) is 60.6 Å². The Morgan fingerprint density at radius 1 is 0.568 bits per heavy atom. The van der Waals surface area contributed by atoms with Crippen molar-refractivity contribution in [3.8, 4) is 23.0 Å². The number of hydrogen-bond acceptors (Lipinski definition) is 36. The third-order valence-electron chi connectivity index (χ3n) is 19.3. The number of aliphatic hydroxyl groups is 2. The summed E-state index contributed by atoms with van der Waals surface area (Å²) in [6.45, 7) is 40.8. The lowest BCUT2D eigenvalue weighted by Gasteiger charge is -2.30. The second-order valence-electron chi connectivity index (χ2n) is 41.4. The topological polar surface area (TPSA) is 633 Å². The molecule has 5 aromatic carbocycles. The zero-order valence-corrected chi connectivity index (χ0v) is 90.3. The molecule has 0 aliphatic carbocycles. The molecular formula is C97H134F5N10O32P3S. The van der Waals surface area contributed by atoms with Crippen molar-refractivity contribution in [2.45, 2.75) is 283 Å². The second-order valence-corrected chi connectivity index (χ2v) is 47.6. The zero-order chi connectivity index (χ0) is 113. The number of halogens is 5. The van der Waals surface area contributed by atoms with Crippen molar-refractivity contribution in [1.29, 1.82) is 0 Å². The van der Waals surface area contributed by atoms with E-state index in [2.05, 4.69) is 49.3 Å². The number of anilines is 4. The van der Waals surface area contributed by atoms with Crippen LogP contribution in [0, 0.1) is 50.7 Å². The van der Waals surface area contributed by atoms with Gasteiger partial charge < -0.3 is 86.1 Å². The van der Waals surface area contributed by atoms with Crippen LogP contribution in [0.15, 0.2) is 97.6 Å². The minimum absolute atomic E-state index is 0.0127. The van der Waals surface area contributed by atoms with Crippen LogP contribution < -0.4 is 41.9 Å². The molecule has 3 fully saturated rings. The minimum atomic E-state index is -5.53. The van der Waals surface area contributed by atoms with Crippen LogP contribution in [-0.4, -0.2) is 195 Å². The normalized spacial score (nSPS) is 16.6. The van der Waals surface area contributed by atoms with Gasteiger partial charge in [-0.15, -0.1) is 10.1 Å². The third-order valence-corrected chi connectivity index (χ3v) is 23.8. The number of aromatic nitrogens is 4. The number of rotatable bonds is 32. The molecule has 14 N–H and O–H groups in total. The van der Waals surface area contributed by atoms with Gasteiger partial charge in [0, 0.05) is 113 Å². The smallest absolute Gasteiger partial charge is 0.481 e. The number of benzene rings is 5. The van der Waals surface area contributed by atoms with Crippen LogP contribution in [0.3, 0.4) is 0 Å². The number of ether oxygens (including phenoxy) is 5. The Hall–Kier alpha value is -11.5. The molecule has 51 heteroatoms. The van der Waals surface area contributed by atoms with Crippen molar-refractivity contribution in [2.24, 2.45) is 21.7 Å². The van der Waals surface area contributed by atoms with E-state index in [0.29, 0.717) is 79.5 Å². The van der Waals surface area contributed by atoms with Crippen LogP contribution in [-0.2, 0) is 89.1 Å². The predicted molar refractivity (Wildman–Crippen MR) is 532 cm³/mol. The first-order chi connectivity index (χ1) is 67.6. The summed E-state index contributed by atoms with van der Waals surface area (Å²) in [5.74, 6) is -14.6. The summed E-state index contributed by atoms with van der Waals surface area (Å²) in [6, 6.07) is 24.5. The first kappa shape index (κ1) is 129. The van der Waals surface area contributed by atoms with E-state index >= 15 is 0 Å². The molecule has 3 saturated heterocycles. The van der Waals surface area contributed by atoms with E-state index in [-0.39, 0.29) is 113 Å². The number of nitrogen functional groups attached to an aromatic ring is 4. The quantitative estimate of drug-likeness (QED) is 0.00160. The standard InChI is InChI=1S/C27H46N5O16P3S.C17H19NO2.C12H17NO2.C11H9F5O2.C11H15NO2.C10H15NO4.C9H13NO4/c1-26(2,3)52-11-7-9-16(33)8-6-10-17(34)22(36)27(4,5)13-45-51(42,43)48-50(40,41)44-12-18-21(47-49(37,38)39)20(35)25(46-18)32-15-31-19-23(28)29-14-30-24(19)32;1-17(2,3)20-13-9-10-14(15(18)11-13)16(19)12-7-5-4-6-8-12;1-8(14)10-6-5-9(7-11(10)13)15-12(2,3)4;1-11(2,3)10(17)18-9-7(15)5(13)4(12)6(14)8(9)16;1-11(2,3)14-9-5-4-8(7-13)10(12)6-9;1-10(2,3)6-9(14)15-11-7(12)4-5-8(11)13;1-9(2,3)8(13)14-10-6(11)4-5-7(10)12/h14-15,18,20-22,25,35-36H,6-13H2,1-5H3,(H,40,41)(H,42,43)(H2,28,29,30)(H2,37,38,39);4-11H,18H2,1-3H3;5-7H,13H2,1-4H3;1-3H3;4-7H,12H2,1-3H3;4-6H2,1-3H3;4-5H2,1-3H3. The highest BCUT2D eigenvalue weighted by Crippen LogP contribution is 2.61. The fourth-order valence-corrected chi connectivity index (χ4v) is 15.9. The van der Waals surface area contributed by atoms with Gasteiger partial charge in [0.25, 0.3) is 23.6 Å². The highest BCUT2D eigenvalue weighted by atomic mass is 32.2. The van der Waals surface area contributed by atoms with Gasteiger partial charge in [-0.05, 0) is 171 Å². The maximum Gasteiger partial charge on any atom is 0.481 e. The van der Waals surface area contributed by atoms with Gasteiger partial charge in [-0.1, -0.05) is 85.7 Å². The monoisotopic (exact) mass is 2170 g/mol. The highest BCUT2D eigenvalue weighted by Gasteiger charge is 2.51. The number of hydrogen-bond donors (Lipinski definition) is 10. The molecular weight excluding hydrogens is 2040 g/mol. The Kier molecular flexibility index (Phi) is 46.8. The number of amides is 4. The molecule has 0 spiro atoms. The van der Waals surface area contributed by atoms with Gasteiger partial charge in [-0.2, -0.15) is 24.9 Å². The van der Waals surface area contributed by atoms with E-state index < -0.39 is 166 Å². The number of thioether (sulfide) groups is 1. The molecule has 3 aliphatic heterocycles. The Labute approximate surface area is 857 Å².